The van der Waals surface area contributed by atoms with Gasteiger partial charge in [0.05, 0.1) is 5.56 Å². The number of Topliss-reactive ketones (excluding diaryl/α,β-unsaturated/α-hetero) is 1. The molecule has 1 aromatic carbocycles. The van der Waals surface area contributed by atoms with Gasteiger partial charge in [0.1, 0.15) is 5.75 Å². The molecular formula is C30H38O3. The highest BCUT2D eigenvalue weighted by Gasteiger charge is 2.10. The van der Waals surface area contributed by atoms with Crippen LogP contribution in [0.1, 0.15) is 75.6 Å². The van der Waals surface area contributed by atoms with Crippen molar-refractivity contribution in [3.8, 4) is 5.75 Å². The number of allylic oxidation sites excluding steroid dienone is 12. The number of hydrogen-bond donors (Lipinski definition) is 0. The Kier molecular flexibility index (Phi) is 16.4. The maximum absolute atomic E-state index is 12.0. The van der Waals surface area contributed by atoms with Crippen LogP contribution in [0.4, 0.5) is 0 Å². The summed E-state index contributed by atoms with van der Waals surface area (Å²) in [6, 6.07) is 6.81. The third kappa shape index (κ3) is 15.3. The molecule has 1 aromatic rings. The van der Waals surface area contributed by atoms with Crippen LogP contribution in [0.3, 0.4) is 0 Å². The summed E-state index contributed by atoms with van der Waals surface area (Å²) in [6.07, 6.45) is 32.6. The van der Waals surface area contributed by atoms with Gasteiger partial charge in [0.15, 0.2) is 5.78 Å². The first-order valence-corrected chi connectivity index (χ1v) is 11.9. The molecule has 1 rings (SSSR count). The van der Waals surface area contributed by atoms with Crippen LogP contribution in [0.25, 0.3) is 0 Å². The van der Waals surface area contributed by atoms with Crippen LogP contribution in [0.5, 0.6) is 5.75 Å². The fraction of sp³-hybridized carbons (Fsp3) is 0.333. The molecule has 3 nitrogen and oxygen atoms in total. The van der Waals surface area contributed by atoms with E-state index in [1.807, 2.05) is 12.2 Å². The third-order valence-corrected chi connectivity index (χ3v) is 4.60. The molecule has 0 heterocycles. The van der Waals surface area contributed by atoms with Crippen molar-refractivity contribution < 1.29 is 14.3 Å². The number of para-hydroxylation sites is 1. The molecular weight excluding hydrogens is 408 g/mol. The van der Waals surface area contributed by atoms with Crippen molar-refractivity contribution in [3.63, 3.8) is 0 Å². The molecule has 0 fully saturated rings. The number of carbonyl (C=O) groups excluding carboxylic acids is 2. The van der Waals surface area contributed by atoms with E-state index in [2.05, 4.69) is 67.7 Å². The molecule has 0 saturated heterocycles. The fourth-order valence-corrected chi connectivity index (χ4v) is 2.86. The Morgan fingerprint density at radius 3 is 1.64 bits per heavy atom. The maximum atomic E-state index is 12.0. The minimum absolute atomic E-state index is 0.115. The Morgan fingerprint density at radius 1 is 0.697 bits per heavy atom. The van der Waals surface area contributed by atoms with Gasteiger partial charge in [0, 0.05) is 6.42 Å². The summed E-state index contributed by atoms with van der Waals surface area (Å²) < 4.78 is 5.32. The molecule has 0 aliphatic rings. The molecule has 33 heavy (non-hydrogen) atoms. The van der Waals surface area contributed by atoms with Crippen molar-refractivity contribution in [2.24, 2.45) is 0 Å². The van der Waals surface area contributed by atoms with Gasteiger partial charge in [-0.25, -0.2) is 0 Å². The predicted molar refractivity (Wildman–Crippen MR) is 140 cm³/mol. The lowest BCUT2D eigenvalue weighted by atomic mass is 10.1. The molecule has 0 amide bonds. The zero-order chi connectivity index (χ0) is 24.0. The number of ether oxygens (including phenoxy) is 1. The number of benzene rings is 1. The van der Waals surface area contributed by atoms with E-state index in [9.17, 15) is 9.59 Å². The summed E-state index contributed by atoms with van der Waals surface area (Å²) >= 11 is 0. The van der Waals surface area contributed by atoms with Crippen molar-refractivity contribution in [1.29, 1.82) is 0 Å². The van der Waals surface area contributed by atoms with E-state index in [-0.39, 0.29) is 18.2 Å². The molecule has 0 aliphatic carbocycles. The lowest BCUT2D eigenvalue weighted by molar-refractivity contribution is -0.134. The van der Waals surface area contributed by atoms with Crippen LogP contribution >= 0.6 is 0 Å². The lowest BCUT2D eigenvalue weighted by Gasteiger charge is -2.07. The van der Waals surface area contributed by atoms with E-state index in [4.69, 9.17) is 4.74 Å². The average molecular weight is 447 g/mol. The minimum atomic E-state index is -0.330. The smallest absolute Gasteiger partial charge is 0.311 e. The predicted octanol–water partition coefficient (Wildman–Crippen LogP) is 8.27. The highest BCUT2D eigenvalue weighted by atomic mass is 16.5. The first-order valence-electron chi connectivity index (χ1n) is 11.9. The summed E-state index contributed by atoms with van der Waals surface area (Å²) in [7, 11) is 0. The zero-order valence-electron chi connectivity index (χ0n) is 20.1. The summed E-state index contributed by atoms with van der Waals surface area (Å²) in [5.74, 6) is -0.114. The number of hydrogen-bond acceptors (Lipinski definition) is 3. The molecule has 3 heteroatoms. The van der Waals surface area contributed by atoms with E-state index >= 15 is 0 Å². The summed E-state index contributed by atoms with van der Waals surface area (Å²) in [4.78, 5) is 23.5. The Bertz CT molecular complexity index is 866. The summed E-state index contributed by atoms with van der Waals surface area (Å²) in [5.41, 5.74) is 0.430. The number of carbonyl (C=O) groups is 2. The lowest BCUT2D eigenvalue weighted by Crippen LogP contribution is -2.09. The minimum Gasteiger partial charge on any atom is -0.426 e. The molecule has 0 radical (unpaired) electrons. The van der Waals surface area contributed by atoms with Crippen molar-refractivity contribution in [2.75, 3.05) is 0 Å². The monoisotopic (exact) mass is 446 g/mol. The quantitative estimate of drug-likeness (QED) is 0.111. The topological polar surface area (TPSA) is 43.4 Å². The van der Waals surface area contributed by atoms with Gasteiger partial charge in [-0.1, -0.05) is 92.0 Å². The highest BCUT2D eigenvalue weighted by Crippen LogP contribution is 2.19. The molecule has 0 aliphatic heterocycles. The van der Waals surface area contributed by atoms with Crippen LogP contribution in [-0.4, -0.2) is 11.8 Å². The Hall–Kier alpha value is -3.20. The molecule has 0 saturated carbocycles. The van der Waals surface area contributed by atoms with Crippen molar-refractivity contribution in [1.82, 2.24) is 0 Å². The van der Waals surface area contributed by atoms with Gasteiger partial charge < -0.3 is 4.74 Å². The Balaban J connectivity index is 2.09. The molecule has 0 N–H and O–H groups in total. The fourth-order valence-electron chi connectivity index (χ4n) is 2.86. The van der Waals surface area contributed by atoms with Crippen molar-refractivity contribution in [2.45, 2.75) is 65.2 Å². The van der Waals surface area contributed by atoms with Gasteiger partial charge in [0.2, 0.25) is 0 Å². The van der Waals surface area contributed by atoms with Gasteiger partial charge in [-0.05, 0) is 64.0 Å². The molecule has 0 bridgehead atoms. The molecule has 0 unspecified atom stereocenters. The first kappa shape index (κ1) is 27.8. The van der Waals surface area contributed by atoms with Crippen LogP contribution in [0.15, 0.2) is 97.2 Å². The van der Waals surface area contributed by atoms with Crippen LogP contribution in [0, 0.1) is 0 Å². The molecule has 0 spiro atoms. The van der Waals surface area contributed by atoms with Gasteiger partial charge >= 0.3 is 5.97 Å². The maximum Gasteiger partial charge on any atom is 0.311 e. The summed E-state index contributed by atoms with van der Waals surface area (Å²) in [6.45, 7) is 3.61. The van der Waals surface area contributed by atoms with Crippen molar-refractivity contribution in [3.05, 3.63) is 103 Å². The first-order chi connectivity index (χ1) is 16.1. The standard InChI is InChI=1S/C30H38O3/c1-3-4-5-6-7-8-9-10-11-12-13-14-15-16-17-18-19-20-21-26-30(32)33-29-25-23-22-24-28(29)27(2)31/h4-5,7-8,10-11,13-14,16-17,19-20,22-25H,3,6,9,12,15,18,21,26H2,1-2H3/b5-4-,8-7-,11-10-,14-13-,17-16-,20-19-. The van der Waals surface area contributed by atoms with Crippen LogP contribution in [0.2, 0.25) is 0 Å². The van der Waals surface area contributed by atoms with Crippen LogP contribution < -0.4 is 4.74 Å². The van der Waals surface area contributed by atoms with Crippen LogP contribution in [-0.2, 0) is 4.79 Å². The molecule has 0 aromatic heterocycles. The number of rotatable bonds is 16. The van der Waals surface area contributed by atoms with Gasteiger partial charge in [-0.2, -0.15) is 0 Å². The average Bonchev–Trinajstić information content (AvgIpc) is 2.80. The second kappa shape index (κ2) is 19.5. The second-order valence-corrected chi connectivity index (χ2v) is 7.48. The Morgan fingerprint density at radius 2 is 1.15 bits per heavy atom. The summed E-state index contributed by atoms with van der Waals surface area (Å²) in [5, 5.41) is 0. The van der Waals surface area contributed by atoms with E-state index in [0.29, 0.717) is 17.7 Å². The van der Waals surface area contributed by atoms with Gasteiger partial charge in [0.25, 0.3) is 0 Å². The SMILES string of the molecule is CC/C=C\C/C=C\C/C=C\C/C=C\C/C=C\C/C=C\CCC(=O)Oc1ccccc1C(C)=O. The highest BCUT2D eigenvalue weighted by molar-refractivity contribution is 5.97. The zero-order valence-corrected chi connectivity index (χ0v) is 20.1. The molecule has 0 atom stereocenters. The number of ketones is 1. The van der Waals surface area contributed by atoms with E-state index in [1.165, 1.54) is 6.92 Å². The second-order valence-electron chi connectivity index (χ2n) is 7.48. The van der Waals surface area contributed by atoms with E-state index in [1.54, 1.807) is 24.3 Å². The number of esters is 1. The van der Waals surface area contributed by atoms with Gasteiger partial charge in [-0.15, -0.1) is 0 Å². The van der Waals surface area contributed by atoms with E-state index in [0.717, 1.165) is 38.5 Å². The van der Waals surface area contributed by atoms with E-state index < -0.39 is 0 Å². The Labute approximate surface area is 199 Å². The molecule has 176 valence electrons. The largest absolute Gasteiger partial charge is 0.426 e. The normalized spacial score (nSPS) is 12.4. The van der Waals surface area contributed by atoms with Crippen molar-refractivity contribution >= 4 is 11.8 Å². The third-order valence-electron chi connectivity index (χ3n) is 4.60. The van der Waals surface area contributed by atoms with Gasteiger partial charge in [-0.3, -0.25) is 9.59 Å².